The predicted molar refractivity (Wildman–Crippen MR) is 61.0 cm³/mol. The fourth-order valence-corrected chi connectivity index (χ4v) is 2.13. The van der Waals surface area contributed by atoms with Gasteiger partial charge in [0, 0.05) is 11.7 Å². The van der Waals surface area contributed by atoms with Crippen LogP contribution in [0.4, 0.5) is 0 Å². The third kappa shape index (κ3) is 1.92. The van der Waals surface area contributed by atoms with E-state index in [9.17, 15) is 0 Å². The molecule has 0 amide bonds. The Labute approximate surface area is 86.6 Å². The number of allylic oxidation sites excluding steroid dienone is 5. The molecule has 1 N–H and O–H groups in total. The molecule has 76 valence electrons. The first-order chi connectivity index (χ1) is 6.79. The lowest BCUT2D eigenvalue weighted by molar-refractivity contribution is 0.532. The van der Waals surface area contributed by atoms with Gasteiger partial charge >= 0.3 is 0 Å². The molecule has 14 heavy (non-hydrogen) atoms. The molecule has 2 rings (SSSR count). The molecule has 0 aromatic heterocycles. The highest BCUT2D eigenvalue weighted by Gasteiger charge is 2.15. The monoisotopic (exact) mass is 189 g/mol. The van der Waals surface area contributed by atoms with Gasteiger partial charge in [0.1, 0.15) is 0 Å². The smallest absolute Gasteiger partial charge is 0.0340 e. The largest absolute Gasteiger partial charge is 0.383 e. The van der Waals surface area contributed by atoms with E-state index in [0.717, 1.165) is 12.8 Å². The van der Waals surface area contributed by atoms with E-state index >= 15 is 0 Å². The second-order valence-electron chi connectivity index (χ2n) is 4.28. The molecule has 1 atom stereocenters. The molecule has 0 aromatic carbocycles. The van der Waals surface area contributed by atoms with Gasteiger partial charge in [-0.1, -0.05) is 19.1 Å². The van der Waals surface area contributed by atoms with Crippen LogP contribution in [-0.2, 0) is 0 Å². The fourth-order valence-electron chi connectivity index (χ4n) is 2.13. The Hall–Kier alpha value is -0.980. The summed E-state index contributed by atoms with van der Waals surface area (Å²) in [6, 6.07) is 0.640. The lowest BCUT2D eigenvalue weighted by Gasteiger charge is -2.25. The highest BCUT2D eigenvalue weighted by Crippen LogP contribution is 2.26. The highest BCUT2D eigenvalue weighted by atomic mass is 14.9. The van der Waals surface area contributed by atoms with E-state index in [0.29, 0.717) is 6.04 Å². The van der Waals surface area contributed by atoms with E-state index in [1.807, 2.05) is 0 Å². The van der Waals surface area contributed by atoms with Gasteiger partial charge in [-0.2, -0.15) is 0 Å². The van der Waals surface area contributed by atoms with Crippen molar-refractivity contribution in [2.45, 2.75) is 45.6 Å². The van der Waals surface area contributed by atoms with Crippen molar-refractivity contribution >= 4 is 0 Å². The molecule has 2 aliphatic rings. The summed E-state index contributed by atoms with van der Waals surface area (Å²) < 4.78 is 0. The molecule has 0 aromatic rings. The van der Waals surface area contributed by atoms with E-state index in [1.165, 1.54) is 24.1 Å². The van der Waals surface area contributed by atoms with E-state index in [2.05, 4.69) is 37.4 Å². The van der Waals surface area contributed by atoms with Crippen molar-refractivity contribution in [2.24, 2.45) is 0 Å². The van der Waals surface area contributed by atoms with Crippen LogP contribution in [0.15, 0.2) is 35.1 Å². The van der Waals surface area contributed by atoms with Crippen LogP contribution < -0.4 is 5.32 Å². The van der Waals surface area contributed by atoms with Crippen LogP contribution in [0.2, 0.25) is 0 Å². The van der Waals surface area contributed by atoms with Crippen LogP contribution >= 0.6 is 0 Å². The lowest BCUT2D eigenvalue weighted by atomic mass is 9.97. The maximum absolute atomic E-state index is 3.59. The lowest BCUT2D eigenvalue weighted by Crippen LogP contribution is -2.29. The van der Waals surface area contributed by atoms with Crippen LogP contribution in [0.25, 0.3) is 0 Å². The first kappa shape index (κ1) is 9.57. The van der Waals surface area contributed by atoms with Crippen molar-refractivity contribution in [2.75, 3.05) is 0 Å². The third-order valence-electron chi connectivity index (χ3n) is 3.10. The molecule has 1 nitrogen and oxygen atoms in total. The quantitative estimate of drug-likeness (QED) is 0.667. The van der Waals surface area contributed by atoms with Crippen molar-refractivity contribution in [1.29, 1.82) is 0 Å². The summed E-state index contributed by atoms with van der Waals surface area (Å²) in [6.45, 7) is 4.48. The molecule has 0 saturated carbocycles. The minimum Gasteiger partial charge on any atom is -0.383 e. The average molecular weight is 189 g/mol. The van der Waals surface area contributed by atoms with Gasteiger partial charge in [-0.05, 0) is 49.8 Å². The van der Waals surface area contributed by atoms with Gasteiger partial charge in [0.2, 0.25) is 0 Å². The molecule has 0 bridgehead atoms. The third-order valence-corrected chi connectivity index (χ3v) is 3.10. The maximum atomic E-state index is 3.59. The Morgan fingerprint density at radius 2 is 2.36 bits per heavy atom. The minimum absolute atomic E-state index is 0.640. The molecule has 0 spiro atoms. The first-order valence-electron chi connectivity index (χ1n) is 5.65. The zero-order chi connectivity index (χ0) is 9.97. The Balaban J connectivity index is 2.27. The summed E-state index contributed by atoms with van der Waals surface area (Å²) in [5.74, 6) is 0. The molecular formula is C13H19N. The van der Waals surface area contributed by atoms with Gasteiger partial charge in [0.15, 0.2) is 0 Å². The number of nitrogens with one attached hydrogen (secondary N) is 1. The van der Waals surface area contributed by atoms with Crippen LogP contribution in [-0.4, -0.2) is 6.04 Å². The number of rotatable bonds is 1. The average Bonchev–Trinajstić information content (AvgIpc) is 2.38. The van der Waals surface area contributed by atoms with Crippen LogP contribution in [0.5, 0.6) is 0 Å². The van der Waals surface area contributed by atoms with Crippen molar-refractivity contribution in [3.63, 3.8) is 0 Å². The van der Waals surface area contributed by atoms with E-state index < -0.39 is 0 Å². The van der Waals surface area contributed by atoms with Gasteiger partial charge in [-0.15, -0.1) is 0 Å². The Morgan fingerprint density at radius 1 is 1.50 bits per heavy atom. The molecule has 1 aliphatic heterocycles. The number of hydrogen-bond acceptors (Lipinski definition) is 1. The van der Waals surface area contributed by atoms with E-state index in [1.54, 1.807) is 5.57 Å². The predicted octanol–water partition coefficient (Wildman–Crippen LogP) is 3.31. The van der Waals surface area contributed by atoms with Crippen molar-refractivity contribution in [3.05, 3.63) is 35.1 Å². The zero-order valence-corrected chi connectivity index (χ0v) is 9.14. The fraction of sp³-hybridized carbons (Fsp3) is 0.538. The molecular weight excluding hydrogens is 170 g/mol. The van der Waals surface area contributed by atoms with Gasteiger partial charge in [0.05, 0.1) is 0 Å². The van der Waals surface area contributed by atoms with Crippen molar-refractivity contribution < 1.29 is 0 Å². The van der Waals surface area contributed by atoms with E-state index in [-0.39, 0.29) is 0 Å². The topological polar surface area (TPSA) is 12.0 Å². The Bertz CT molecular complexity index is 307. The molecule has 0 saturated heterocycles. The van der Waals surface area contributed by atoms with Gasteiger partial charge in [-0.3, -0.25) is 0 Å². The second kappa shape index (κ2) is 4.04. The minimum atomic E-state index is 0.640. The molecule has 1 unspecified atom stereocenters. The van der Waals surface area contributed by atoms with Gasteiger partial charge < -0.3 is 5.32 Å². The summed E-state index contributed by atoms with van der Waals surface area (Å²) in [5.41, 5.74) is 4.42. The summed E-state index contributed by atoms with van der Waals surface area (Å²) in [4.78, 5) is 0. The Kier molecular flexibility index (Phi) is 2.76. The van der Waals surface area contributed by atoms with Gasteiger partial charge in [0.25, 0.3) is 0 Å². The van der Waals surface area contributed by atoms with E-state index in [4.69, 9.17) is 0 Å². The normalized spacial score (nSPS) is 26.4. The highest BCUT2D eigenvalue weighted by molar-refractivity contribution is 5.38. The zero-order valence-electron chi connectivity index (χ0n) is 9.14. The summed E-state index contributed by atoms with van der Waals surface area (Å²) >= 11 is 0. The first-order valence-corrected chi connectivity index (χ1v) is 5.65. The van der Waals surface area contributed by atoms with Crippen LogP contribution in [0.3, 0.4) is 0 Å². The Morgan fingerprint density at radius 3 is 3.14 bits per heavy atom. The SMILES string of the molecule is CCC1=CC2=C(CC=C1)CCC(C)N2. The molecule has 1 aliphatic carbocycles. The summed E-state index contributed by atoms with van der Waals surface area (Å²) in [6.07, 6.45) is 11.7. The summed E-state index contributed by atoms with van der Waals surface area (Å²) in [5, 5.41) is 3.59. The molecule has 1 heterocycles. The van der Waals surface area contributed by atoms with Gasteiger partial charge in [-0.25, -0.2) is 0 Å². The number of hydrogen-bond donors (Lipinski definition) is 1. The molecule has 1 heteroatoms. The van der Waals surface area contributed by atoms with Crippen molar-refractivity contribution in [3.8, 4) is 0 Å². The second-order valence-corrected chi connectivity index (χ2v) is 4.28. The molecule has 0 fully saturated rings. The van der Waals surface area contributed by atoms with Crippen LogP contribution in [0.1, 0.15) is 39.5 Å². The molecule has 0 radical (unpaired) electrons. The maximum Gasteiger partial charge on any atom is 0.0340 e. The summed E-state index contributed by atoms with van der Waals surface area (Å²) in [7, 11) is 0. The standard InChI is InChI=1S/C13H19N/c1-3-11-5-4-6-12-8-7-10(2)14-13(12)9-11/h4-5,9-10,14H,3,6-8H2,1-2H3. The van der Waals surface area contributed by atoms with Crippen molar-refractivity contribution in [1.82, 2.24) is 5.32 Å². The van der Waals surface area contributed by atoms with Crippen LogP contribution in [0, 0.1) is 0 Å².